The molecule has 2 unspecified atom stereocenters. The number of likely N-dealkylation sites (N-methyl/N-ethyl adjacent to an activating group) is 1. The summed E-state index contributed by atoms with van der Waals surface area (Å²) in [5.74, 6) is 0.935. The first kappa shape index (κ1) is 20.7. The third kappa shape index (κ3) is 6.58. The molecular formula is C17H31IN4S. The van der Waals surface area contributed by atoms with Gasteiger partial charge in [0.05, 0.1) is 12.6 Å². The summed E-state index contributed by atoms with van der Waals surface area (Å²) in [7, 11) is 0. The zero-order chi connectivity index (χ0) is 15.8. The van der Waals surface area contributed by atoms with Gasteiger partial charge < -0.3 is 10.6 Å². The highest BCUT2D eigenvalue weighted by molar-refractivity contribution is 14.0. The van der Waals surface area contributed by atoms with Crippen LogP contribution in [0.3, 0.4) is 0 Å². The molecule has 2 rings (SSSR count). The van der Waals surface area contributed by atoms with Gasteiger partial charge >= 0.3 is 0 Å². The fourth-order valence-electron chi connectivity index (χ4n) is 3.01. The second-order valence-electron chi connectivity index (χ2n) is 5.88. The lowest BCUT2D eigenvalue weighted by Crippen LogP contribution is -2.43. The van der Waals surface area contributed by atoms with Gasteiger partial charge in [-0.05, 0) is 51.2 Å². The van der Waals surface area contributed by atoms with Crippen LogP contribution < -0.4 is 10.6 Å². The normalized spacial score (nSPS) is 20.7. The van der Waals surface area contributed by atoms with Gasteiger partial charge in [-0.25, -0.2) is 0 Å². The molecule has 4 nitrogen and oxygen atoms in total. The van der Waals surface area contributed by atoms with Gasteiger partial charge in [0, 0.05) is 17.5 Å². The van der Waals surface area contributed by atoms with Crippen molar-refractivity contribution in [2.75, 3.05) is 26.2 Å². The van der Waals surface area contributed by atoms with Gasteiger partial charge in [-0.15, -0.1) is 35.3 Å². The number of nitrogens with zero attached hydrogens (tertiary/aromatic N) is 2. The molecule has 1 saturated heterocycles. The quantitative estimate of drug-likeness (QED) is 0.393. The topological polar surface area (TPSA) is 39.7 Å². The van der Waals surface area contributed by atoms with Crippen LogP contribution >= 0.6 is 35.3 Å². The van der Waals surface area contributed by atoms with Gasteiger partial charge in [0.25, 0.3) is 0 Å². The molecule has 23 heavy (non-hydrogen) atoms. The van der Waals surface area contributed by atoms with E-state index in [9.17, 15) is 0 Å². The van der Waals surface area contributed by atoms with Crippen molar-refractivity contribution in [1.29, 1.82) is 0 Å². The molecular weight excluding hydrogens is 419 g/mol. The molecule has 1 aliphatic rings. The number of piperidine rings is 1. The maximum absolute atomic E-state index is 4.84. The van der Waals surface area contributed by atoms with E-state index in [1.807, 2.05) is 0 Å². The Balaban J connectivity index is 0.00000264. The van der Waals surface area contributed by atoms with Crippen LogP contribution in [0.5, 0.6) is 0 Å². The van der Waals surface area contributed by atoms with Crippen LogP contribution in [0.25, 0.3) is 0 Å². The van der Waals surface area contributed by atoms with Crippen LogP contribution in [0, 0.1) is 0 Å². The number of aliphatic imine (C=N–C) groups is 1. The molecule has 2 N–H and O–H groups in total. The molecule has 0 aliphatic carbocycles. The molecule has 0 radical (unpaired) electrons. The fourth-order valence-corrected chi connectivity index (χ4v) is 3.75. The Hall–Kier alpha value is -0.340. The highest BCUT2D eigenvalue weighted by atomic mass is 127. The standard InChI is InChI=1S/C17H30N4S.HI/c1-4-18-17(20-14(3)16-10-8-12-22-16)19-13-15-9-6-7-11-21(15)5-2;/h8,10,12,14-15H,4-7,9,11,13H2,1-3H3,(H2,18,19,20);1H. The Morgan fingerprint density at radius 2 is 2.26 bits per heavy atom. The first-order valence-electron chi connectivity index (χ1n) is 8.56. The molecule has 6 heteroatoms. The third-order valence-corrected chi connectivity index (χ3v) is 5.34. The molecule has 0 amide bonds. The van der Waals surface area contributed by atoms with Crippen molar-refractivity contribution in [1.82, 2.24) is 15.5 Å². The van der Waals surface area contributed by atoms with E-state index in [1.165, 1.54) is 30.7 Å². The van der Waals surface area contributed by atoms with Gasteiger partial charge in [0.15, 0.2) is 5.96 Å². The monoisotopic (exact) mass is 450 g/mol. The molecule has 1 aliphatic heterocycles. The smallest absolute Gasteiger partial charge is 0.191 e. The van der Waals surface area contributed by atoms with Crippen molar-refractivity contribution in [2.45, 2.75) is 52.1 Å². The maximum atomic E-state index is 4.84. The first-order chi connectivity index (χ1) is 10.7. The van der Waals surface area contributed by atoms with Crippen molar-refractivity contribution < 1.29 is 0 Å². The number of likely N-dealkylation sites (tertiary alicyclic amines) is 1. The van der Waals surface area contributed by atoms with Crippen LogP contribution in [0.1, 0.15) is 51.0 Å². The van der Waals surface area contributed by atoms with Crippen LogP contribution in [0.4, 0.5) is 0 Å². The van der Waals surface area contributed by atoms with E-state index in [1.54, 1.807) is 11.3 Å². The Labute approximate surface area is 162 Å². The molecule has 1 aromatic rings. The summed E-state index contributed by atoms with van der Waals surface area (Å²) < 4.78 is 0. The number of guanidine groups is 1. The predicted octanol–water partition coefficient (Wildman–Crippen LogP) is 3.86. The number of nitrogens with one attached hydrogen (secondary N) is 2. The van der Waals surface area contributed by atoms with Gasteiger partial charge in [0.2, 0.25) is 0 Å². The molecule has 0 aromatic carbocycles. The van der Waals surface area contributed by atoms with Crippen molar-refractivity contribution >= 4 is 41.3 Å². The van der Waals surface area contributed by atoms with E-state index < -0.39 is 0 Å². The maximum Gasteiger partial charge on any atom is 0.191 e. The number of halogens is 1. The lowest BCUT2D eigenvalue weighted by atomic mass is 10.0. The van der Waals surface area contributed by atoms with Crippen molar-refractivity contribution in [3.05, 3.63) is 22.4 Å². The minimum absolute atomic E-state index is 0. The SMILES string of the molecule is CCNC(=NCC1CCCCN1CC)NC(C)c1cccs1.I. The van der Waals surface area contributed by atoms with E-state index in [-0.39, 0.29) is 24.0 Å². The van der Waals surface area contributed by atoms with E-state index in [0.717, 1.165) is 25.6 Å². The number of rotatable bonds is 6. The summed E-state index contributed by atoms with van der Waals surface area (Å²) in [5.41, 5.74) is 0. The summed E-state index contributed by atoms with van der Waals surface area (Å²) in [6.45, 7) is 10.7. The van der Waals surface area contributed by atoms with E-state index >= 15 is 0 Å². The Bertz CT molecular complexity index is 449. The molecule has 2 heterocycles. The second-order valence-corrected chi connectivity index (χ2v) is 6.86. The molecule has 0 spiro atoms. The molecule has 0 saturated carbocycles. The van der Waals surface area contributed by atoms with Gasteiger partial charge in [-0.3, -0.25) is 9.89 Å². The molecule has 2 atom stereocenters. The largest absolute Gasteiger partial charge is 0.357 e. The minimum Gasteiger partial charge on any atom is -0.357 e. The van der Waals surface area contributed by atoms with E-state index in [4.69, 9.17) is 4.99 Å². The summed E-state index contributed by atoms with van der Waals surface area (Å²) >= 11 is 1.79. The van der Waals surface area contributed by atoms with Gasteiger partial charge in [-0.2, -0.15) is 0 Å². The Kier molecular flexibility index (Phi) is 10.1. The zero-order valence-electron chi connectivity index (χ0n) is 14.5. The van der Waals surface area contributed by atoms with Gasteiger partial charge in [-0.1, -0.05) is 19.4 Å². The van der Waals surface area contributed by atoms with Crippen LogP contribution in [-0.2, 0) is 0 Å². The molecule has 0 bridgehead atoms. The van der Waals surface area contributed by atoms with E-state index in [2.05, 4.69) is 53.8 Å². The fraction of sp³-hybridized carbons (Fsp3) is 0.706. The summed E-state index contributed by atoms with van der Waals surface area (Å²) in [6, 6.07) is 5.17. The number of thiophene rings is 1. The van der Waals surface area contributed by atoms with E-state index in [0.29, 0.717) is 12.1 Å². The van der Waals surface area contributed by atoms with Crippen molar-refractivity contribution in [3.8, 4) is 0 Å². The number of hydrogen-bond donors (Lipinski definition) is 2. The minimum atomic E-state index is 0. The summed E-state index contributed by atoms with van der Waals surface area (Å²) in [5, 5.41) is 9.02. The Morgan fingerprint density at radius 1 is 1.43 bits per heavy atom. The Morgan fingerprint density at radius 3 is 2.91 bits per heavy atom. The lowest BCUT2D eigenvalue weighted by Gasteiger charge is -2.34. The third-order valence-electron chi connectivity index (χ3n) is 4.28. The highest BCUT2D eigenvalue weighted by Gasteiger charge is 2.20. The average molecular weight is 450 g/mol. The molecule has 1 fully saturated rings. The van der Waals surface area contributed by atoms with Crippen molar-refractivity contribution in [3.63, 3.8) is 0 Å². The first-order valence-corrected chi connectivity index (χ1v) is 9.44. The number of hydrogen-bond acceptors (Lipinski definition) is 3. The van der Waals surface area contributed by atoms with Crippen LogP contribution in [0.15, 0.2) is 22.5 Å². The molecule has 132 valence electrons. The summed E-state index contributed by atoms with van der Waals surface area (Å²) in [4.78, 5) is 8.76. The zero-order valence-corrected chi connectivity index (χ0v) is 17.7. The molecule has 1 aromatic heterocycles. The van der Waals surface area contributed by atoms with Crippen molar-refractivity contribution in [2.24, 2.45) is 4.99 Å². The van der Waals surface area contributed by atoms with Crippen LogP contribution in [0.2, 0.25) is 0 Å². The average Bonchev–Trinajstić information content (AvgIpc) is 3.07. The van der Waals surface area contributed by atoms with Gasteiger partial charge in [0.1, 0.15) is 0 Å². The highest BCUT2D eigenvalue weighted by Crippen LogP contribution is 2.18. The second kappa shape index (κ2) is 11.3. The summed E-state index contributed by atoms with van der Waals surface area (Å²) in [6.07, 6.45) is 3.95. The lowest BCUT2D eigenvalue weighted by molar-refractivity contribution is 0.161. The van der Waals surface area contributed by atoms with Crippen LogP contribution in [-0.4, -0.2) is 43.1 Å². The predicted molar refractivity (Wildman–Crippen MR) is 112 cm³/mol.